The maximum Gasteiger partial charge on any atom is 0.410 e. The number of ether oxygens (including phenoxy) is 2. The number of nitrogens with zero attached hydrogens (tertiary/aromatic N) is 1. The van der Waals surface area contributed by atoms with Crippen molar-refractivity contribution in [3.05, 3.63) is 35.9 Å². The van der Waals surface area contributed by atoms with Crippen LogP contribution in [-0.2, 0) is 16.1 Å². The molecule has 2 fully saturated rings. The summed E-state index contributed by atoms with van der Waals surface area (Å²) in [6, 6.07) is 9.54. The molecule has 6 nitrogen and oxygen atoms in total. The highest BCUT2D eigenvalue weighted by molar-refractivity contribution is 5.71. The lowest BCUT2D eigenvalue weighted by Gasteiger charge is -2.32. The van der Waals surface area contributed by atoms with Crippen molar-refractivity contribution in [3.63, 3.8) is 0 Å². The molecular formula is C14H16N2O4. The Morgan fingerprint density at radius 1 is 1.40 bits per heavy atom. The zero-order chi connectivity index (χ0) is 13.9. The molecule has 0 bridgehead atoms. The first-order valence-electron chi connectivity index (χ1n) is 6.65. The van der Waals surface area contributed by atoms with Crippen LogP contribution in [0.15, 0.2) is 30.3 Å². The molecule has 0 aliphatic carbocycles. The summed E-state index contributed by atoms with van der Waals surface area (Å²) in [6.07, 6.45) is -0.341. The van der Waals surface area contributed by atoms with Gasteiger partial charge in [-0.25, -0.2) is 9.59 Å². The third-order valence-electron chi connectivity index (χ3n) is 3.58. The van der Waals surface area contributed by atoms with Gasteiger partial charge in [0.25, 0.3) is 0 Å². The molecule has 2 aliphatic heterocycles. The molecule has 0 radical (unpaired) electrons. The minimum absolute atomic E-state index is 0.0145. The van der Waals surface area contributed by atoms with Crippen LogP contribution < -0.4 is 5.32 Å². The van der Waals surface area contributed by atoms with Crippen LogP contribution in [0.4, 0.5) is 9.59 Å². The average molecular weight is 276 g/mol. The highest BCUT2D eigenvalue weighted by atomic mass is 16.6. The summed E-state index contributed by atoms with van der Waals surface area (Å²) < 4.78 is 10.4. The minimum Gasteiger partial charge on any atom is -0.445 e. The Bertz CT molecular complexity index is 505. The van der Waals surface area contributed by atoms with E-state index in [-0.39, 0.29) is 24.8 Å². The van der Waals surface area contributed by atoms with Gasteiger partial charge in [0.15, 0.2) is 0 Å². The van der Waals surface area contributed by atoms with Gasteiger partial charge in [-0.1, -0.05) is 30.3 Å². The molecule has 6 heteroatoms. The summed E-state index contributed by atoms with van der Waals surface area (Å²) in [6.45, 7) is 1.21. The van der Waals surface area contributed by atoms with Crippen LogP contribution in [-0.4, -0.2) is 42.3 Å². The van der Waals surface area contributed by atoms with Gasteiger partial charge >= 0.3 is 12.2 Å². The summed E-state index contributed by atoms with van der Waals surface area (Å²) in [4.78, 5) is 24.7. The zero-order valence-corrected chi connectivity index (χ0v) is 11.0. The largest absolute Gasteiger partial charge is 0.445 e. The quantitative estimate of drug-likeness (QED) is 0.889. The molecule has 0 aromatic heterocycles. The van der Waals surface area contributed by atoms with Crippen LogP contribution in [0.3, 0.4) is 0 Å². The fraction of sp³-hybridized carbons (Fsp3) is 0.429. The summed E-state index contributed by atoms with van der Waals surface area (Å²) >= 11 is 0. The van der Waals surface area contributed by atoms with E-state index in [9.17, 15) is 9.59 Å². The van der Waals surface area contributed by atoms with E-state index in [1.807, 2.05) is 30.3 Å². The molecule has 106 valence electrons. The Labute approximate surface area is 116 Å². The maximum absolute atomic E-state index is 12.0. The normalized spacial score (nSPS) is 24.6. The second-order valence-electron chi connectivity index (χ2n) is 4.97. The van der Waals surface area contributed by atoms with E-state index >= 15 is 0 Å². The smallest absolute Gasteiger partial charge is 0.410 e. The van der Waals surface area contributed by atoms with Crippen molar-refractivity contribution in [3.8, 4) is 0 Å². The van der Waals surface area contributed by atoms with Crippen molar-refractivity contribution in [2.75, 3.05) is 13.1 Å². The molecule has 1 unspecified atom stereocenters. The van der Waals surface area contributed by atoms with Gasteiger partial charge in [0, 0.05) is 6.54 Å². The number of alkyl carbamates (subject to hydrolysis) is 1. The van der Waals surface area contributed by atoms with E-state index in [1.54, 1.807) is 4.90 Å². The Morgan fingerprint density at radius 2 is 2.20 bits per heavy atom. The second-order valence-corrected chi connectivity index (χ2v) is 4.97. The number of nitrogens with one attached hydrogen (secondary N) is 1. The molecule has 2 saturated heterocycles. The van der Waals surface area contributed by atoms with Gasteiger partial charge in [0.05, 0.1) is 12.6 Å². The van der Waals surface area contributed by atoms with Crippen molar-refractivity contribution in [2.24, 2.45) is 0 Å². The fourth-order valence-corrected chi connectivity index (χ4v) is 2.50. The molecule has 2 atom stereocenters. The molecule has 3 rings (SSSR count). The van der Waals surface area contributed by atoms with Gasteiger partial charge < -0.3 is 19.7 Å². The summed E-state index contributed by atoms with van der Waals surface area (Å²) in [5, 5.41) is 2.73. The lowest BCUT2D eigenvalue weighted by atomic mass is 10.0. The van der Waals surface area contributed by atoms with Crippen LogP contribution in [0.5, 0.6) is 0 Å². The molecule has 0 saturated carbocycles. The maximum atomic E-state index is 12.0. The Balaban J connectivity index is 1.52. The predicted molar refractivity (Wildman–Crippen MR) is 70.0 cm³/mol. The van der Waals surface area contributed by atoms with Crippen LogP contribution in [0, 0.1) is 0 Å². The van der Waals surface area contributed by atoms with Gasteiger partial charge in [-0.15, -0.1) is 0 Å². The highest BCUT2D eigenvalue weighted by Gasteiger charge is 2.40. The Morgan fingerprint density at radius 3 is 3.00 bits per heavy atom. The molecule has 20 heavy (non-hydrogen) atoms. The molecule has 1 aromatic rings. The van der Waals surface area contributed by atoms with E-state index in [4.69, 9.17) is 9.47 Å². The van der Waals surface area contributed by atoms with Gasteiger partial charge in [0.2, 0.25) is 0 Å². The molecule has 2 amide bonds. The van der Waals surface area contributed by atoms with Crippen LogP contribution in [0.1, 0.15) is 12.0 Å². The molecule has 1 N–H and O–H groups in total. The van der Waals surface area contributed by atoms with Gasteiger partial charge in [-0.2, -0.15) is 0 Å². The molecule has 2 heterocycles. The number of piperidine rings is 1. The Hall–Kier alpha value is -2.24. The molecule has 0 spiro atoms. The van der Waals surface area contributed by atoms with Gasteiger partial charge in [0.1, 0.15) is 12.7 Å². The number of rotatable bonds is 2. The average Bonchev–Trinajstić information content (AvgIpc) is 2.85. The summed E-state index contributed by atoms with van der Waals surface area (Å²) in [5.41, 5.74) is 0.949. The first kappa shape index (κ1) is 12.8. The number of carbonyl (C=O) groups excluding carboxylic acids is 2. The molecule has 1 aromatic carbocycles. The topological polar surface area (TPSA) is 67.9 Å². The number of fused-ring (bicyclic) bond motifs is 1. The van der Waals surface area contributed by atoms with E-state index in [0.717, 1.165) is 5.56 Å². The molecule has 2 aliphatic rings. The monoisotopic (exact) mass is 276 g/mol. The van der Waals surface area contributed by atoms with Gasteiger partial charge in [-0.3, -0.25) is 0 Å². The summed E-state index contributed by atoms with van der Waals surface area (Å²) in [7, 11) is 0. The standard InChI is InChI=1S/C14H16N2O4/c17-13-15-11-6-7-16(8-12(11)20-13)14(18)19-9-10-4-2-1-3-5-10/h1-5,11-12H,6-9H2,(H,15,17)/t11?,12-/m0/s1. The van der Waals surface area contributed by atoms with Crippen molar-refractivity contribution in [1.82, 2.24) is 10.2 Å². The third-order valence-corrected chi connectivity index (χ3v) is 3.58. The van der Waals surface area contributed by atoms with Crippen molar-refractivity contribution in [2.45, 2.75) is 25.2 Å². The number of carbonyl (C=O) groups is 2. The first-order chi connectivity index (χ1) is 9.72. The van der Waals surface area contributed by atoms with E-state index < -0.39 is 6.09 Å². The number of amides is 2. The lowest BCUT2D eigenvalue weighted by Crippen LogP contribution is -2.50. The van der Waals surface area contributed by atoms with Crippen LogP contribution in [0.25, 0.3) is 0 Å². The SMILES string of the molecule is O=C1NC2CCN(C(=O)OCc3ccccc3)C[C@@H]2O1. The fourth-order valence-electron chi connectivity index (χ4n) is 2.50. The van der Waals surface area contributed by atoms with Crippen molar-refractivity contribution >= 4 is 12.2 Å². The van der Waals surface area contributed by atoms with Crippen LogP contribution in [0.2, 0.25) is 0 Å². The van der Waals surface area contributed by atoms with Crippen molar-refractivity contribution in [1.29, 1.82) is 0 Å². The predicted octanol–water partition coefficient (Wildman–Crippen LogP) is 1.51. The Kier molecular flexibility index (Phi) is 3.45. The third kappa shape index (κ3) is 2.68. The number of hydrogen-bond acceptors (Lipinski definition) is 4. The first-order valence-corrected chi connectivity index (χ1v) is 6.65. The number of hydrogen-bond donors (Lipinski definition) is 1. The minimum atomic E-state index is -0.403. The van der Waals surface area contributed by atoms with E-state index in [2.05, 4.69) is 5.32 Å². The number of benzene rings is 1. The van der Waals surface area contributed by atoms with E-state index in [0.29, 0.717) is 19.5 Å². The molecular weight excluding hydrogens is 260 g/mol. The summed E-state index contributed by atoms with van der Waals surface area (Å²) in [5.74, 6) is 0. The highest BCUT2D eigenvalue weighted by Crippen LogP contribution is 2.20. The van der Waals surface area contributed by atoms with Gasteiger partial charge in [-0.05, 0) is 12.0 Å². The van der Waals surface area contributed by atoms with Crippen molar-refractivity contribution < 1.29 is 19.1 Å². The second kappa shape index (κ2) is 5.40. The van der Waals surface area contributed by atoms with Crippen LogP contribution >= 0.6 is 0 Å². The van der Waals surface area contributed by atoms with E-state index in [1.165, 1.54) is 0 Å². The number of likely N-dealkylation sites (tertiary alicyclic amines) is 1. The lowest BCUT2D eigenvalue weighted by molar-refractivity contribution is 0.0473. The zero-order valence-electron chi connectivity index (χ0n) is 11.0.